The highest BCUT2D eigenvalue weighted by molar-refractivity contribution is 6.03. The van der Waals surface area contributed by atoms with Gasteiger partial charge in [-0.2, -0.15) is 13.2 Å². The molecule has 1 aromatic heterocycles. The molecule has 0 saturated heterocycles. The van der Waals surface area contributed by atoms with E-state index >= 15 is 0 Å². The molecule has 0 atom stereocenters. The summed E-state index contributed by atoms with van der Waals surface area (Å²) in [6.45, 7) is 1.53. The molecule has 0 radical (unpaired) electrons. The Hall–Kier alpha value is -2.68. The zero-order chi connectivity index (χ0) is 19.2. The van der Waals surface area contributed by atoms with Crippen molar-refractivity contribution in [2.75, 3.05) is 37.8 Å². The van der Waals surface area contributed by atoms with Crippen molar-refractivity contribution in [1.82, 2.24) is 14.9 Å². The molecule has 0 aliphatic heterocycles. The Bertz CT molecular complexity index is 749. The van der Waals surface area contributed by atoms with Crippen LogP contribution in [0.3, 0.4) is 0 Å². The number of halogens is 3. The molecule has 0 bridgehead atoms. The Kier molecular flexibility index (Phi) is 6.51. The number of hydrogen-bond donors (Lipinski definition) is 2. The zero-order valence-corrected chi connectivity index (χ0v) is 14.5. The molecule has 0 fully saturated rings. The fourth-order valence-corrected chi connectivity index (χ4v) is 2.13. The molecule has 1 aromatic carbocycles. The summed E-state index contributed by atoms with van der Waals surface area (Å²) in [5.41, 5.74) is -0.724. The van der Waals surface area contributed by atoms with Crippen molar-refractivity contribution in [3.8, 4) is 0 Å². The maximum Gasteiger partial charge on any atom is 0.416 e. The maximum absolute atomic E-state index is 12.7. The van der Waals surface area contributed by atoms with Crippen molar-refractivity contribution in [1.29, 1.82) is 0 Å². The molecular formula is C17H20F3N5O. The molecule has 2 aromatic rings. The van der Waals surface area contributed by atoms with Crippen LogP contribution < -0.4 is 10.6 Å². The first kappa shape index (κ1) is 19.6. The van der Waals surface area contributed by atoms with E-state index in [1.807, 2.05) is 19.0 Å². The number of hydrogen-bond acceptors (Lipinski definition) is 5. The number of benzene rings is 1. The van der Waals surface area contributed by atoms with E-state index in [9.17, 15) is 18.0 Å². The van der Waals surface area contributed by atoms with E-state index in [-0.39, 0.29) is 11.4 Å². The van der Waals surface area contributed by atoms with Crippen molar-refractivity contribution in [3.63, 3.8) is 0 Å². The molecule has 6 nitrogen and oxygen atoms in total. The molecule has 0 saturated carbocycles. The average Bonchev–Trinajstić information content (AvgIpc) is 2.58. The van der Waals surface area contributed by atoms with Crippen LogP contribution in [0, 0.1) is 0 Å². The highest BCUT2D eigenvalue weighted by atomic mass is 19.4. The molecule has 1 amide bonds. The molecule has 0 unspecified atom stereocenters. The third-order valence-corrected chi connectivity index (χ3v) is 3.40. The van der Waals surface area contributed by atoms with E-state index in [2.05, 4.69) is 20.6 Å². The van der Waals surface area contributed by atoms with Crippen LogP contribution in [0.5, 0.6) is 0 Å². The summed E-state index contributed by atoms with van der Waals surface area (Å²) in [7, 11) is 3.93. The van der Waals surface area contributed by atoms with Gasteiger partial charge in [-0.1, -0.05) is 6.07 Å². The van der Waals surface area contributed by atoms with Gasteiger partial charge in [0.2, 0.25) is 5.95 Å². The molecule has 140 valence electrons. The van der Waals surface area contributed by atoms with Gasteiger partial charge < -0.3 is 15.5 Å². The standard InChI is InChI=1S/C17H20F3N5O/c1-25(2)10-4-8-21-16-22-9-7-14(24-16)15(26)23-13-6-3-5-12(11-13)17(18,19)20/h3,5-7,9,11H,4,8,10H2,1-2H3,(H,23,26)(H,21,22,24). The average molecular weight is 367 g/mol. The van der Waals surface area contributed by atoms with E-state index in [1.54, 1.807) is 0 Å². The number of carbonyl (C=O) groups is 1. The first-order chi connectivity index (χ1) is 12.3. The normalized spacial score (nSPS) is 11.5. The fourth-order valence-electron chi connectivity index (χ4n) is 2.13. The topological polar surface area (TPSA) is 70.2 Å². The third kappa shape index (κ3) is 5.99. The molecule has 2 rings (SSSR count). The Morgan fingerprint density at radius 3 is 2.69 bits per heavy atom. The molecule has 0 spiro atoms. The van der Waals surface area contributed by atoms with Crippen LogP contribution in [0.2, 0.25) is 0 Å². The van der Waals surface area contributed by atoms with Crippen LogP contribution in [-0.4, -0.2) is 48.0 Å². The molecule has 0 aliphatic carbocycles. The Morgan fingerprint density at radius 1 is 1.23 bits per heavy atom. The van der Waals surface area contributed by atoms with Crippen LogP contribution in [0.4, 0.5) is 24.8 Å². The van der Waals surface area contributed by atoms with Gasteiger partial charge in [-0.15, -0.1) is 0 Å². The number of carbonyl (C=O) groups excluding carboxylic acids is 1. The number of nitrogens with one attached hydrogen (secondary N) is 2. The number of nitrogens with zero attached hydrogens (tertiary/aromatic N) is 3. The number of rotatable bonds is 7. The van der Waals surface area contributed by atoms with Gasteiger partial charge in [-0.3, -0.25) is 4.79 Å². The maximum atomic E-state index is 12.7. The number of anilines is 2. The quantitative estimate of drug-likeness (QED) is 0.736. The van der Waals surface area contributed by atoms with Crippen molar-refractivity contribution in [2.24, 2.45) is 0 Å². The lowest BCUT2D eigenvalue weighted by molar-refractivity contribution is -0.137. The predicted molar refractivity (Wildman–Crippen MR) is 93.1 cm³/mol. The van der Waals surface area contributed by atoms with Gasteiger partial charge in [0.05, 0.1) is 5.56 Å². The summed E-state index contributed by atoms with van der Waals surface area (Å²) >= 11 is 0. The van der Waals surface area contributed by atoms with Gasteiger partial charge in [-0.05, 0) is 51.3 Å². The summed E-state index contributed by atoms with van der Waals surface area (Å²) in [4.78, 5) is 22.4. The van der Waals surface area contributed by atoms with Crippen molar-refractivity contribution < 1.29 is 18.0 Å². The predicted octanol–water partition coefficient (Wildman–Crippen LogP) is 3.11. The zero-order valence-electron chi connectivity index (χ0n) is 14.5. The smallest absolute Gasteiger partial charge is 0.354 e. The molecule has 0 aliphatic rings. The second-order valence-electron chi connectivity index (χ2n) is 5.88. The van der Waals surface area contributed by atoms with Gasteiger partial charge >= 0.3 is 6.18 Å². The van der Waals surface area contributed by atoms with Gasteiger partial charge in [-0.25, -0.2) is 9.97 Å². The van der Waals surface area contributed by atoms with Crippen LogP contribution in [0.15, 0.2) is 36.5 Å². The van der Waals surface area contributed by atoms with Crippen molar-refractivity contribution >= 4 is 17.5 Å². The van der Waals surface area contributed by atoms with Crippen molar-refractivity contribution in [3.05, 3.63) is 47.8 Å². The van der Waals surface area contributed by atoms with E-state index in [0.29, 0.717) is 12.5 Å². The second kappa shape index (κ2) is 8.61. The minimum absolute atomic E-state index is 0.0453. The van der Waals surface area contributed by atoms with E-state index < -0.39 is 17.6 Å². The van der Waals surface area contributed by atoms with Crippen LogP contribution in [0.25, 0.3) is 0 Å². The Morgan fingerprint density at radius 2 is 2.00 bits per heavy atom. The van der Waals surface area contributed by atoms with Gasteiger partial charge in [0.25, 0.3) is 5.91 Å². The number of alkyl halides is 3. The van der Waals surface area contributed by atoms with Gasteiger partial charge in [0.15, 0.2) is 0 Å². The van der Waals surface area contributed by atoms with Gasteiger partial charge in [0.1, 0.15) is 5.69 Å². The van der Waals surface area contributed by atoms with E-state index in [1.165, 1.54) is 24.4 Å². The van der Waals surface area contributed by atoms with Crippen LogP contribution in [-0.2, 0) is 6.18 Å². The first-order valence-corrected chi connectivity index (χ1v) is 7.96. The third-order valence-electron chi connectivity index (χ3n) is 3.40. The van der Waals surface area contributed by atoms with Crippen molar-refractivity contribution in [2.45, 2.75) is 12.6 Å². The lowest BCUT2D eigenvalue weighted by Gasteiger charge is -2.11. The number of amides is 1. The van der Waals surface area contributed by atoms with E-state index in [0.717, 1.165) is 25.1 Å². The SMILES string of the molecule is CN(C)CCCNc1nccc(C(=O)Nc2cccc(C(F)(F)F)c2)n1. The van der Waals surface area contributed by atoms with Gasteiger partial charge in [0, 0.05) is 18.4 Å². The Balaban J connectivity index is 2.00. The summed E-state index contributed by atoms with van der Waals surface area (Å²) in [5.74, 6) is -0.316. The molecule has 1 heterocycles. The highest BCUT2D eigenvalue weighted by Crippen LogP contribution is 2.30. The minimum Gasteiger partial charge on any atom is -0.354 e. The summed E-state index contributed by atoms with van der Waals surface area (Å²) in [6, 6.07) is 5.83. The van der Waals surface area contributed by atoms with E-state index in [4.69, 9.17) is 0 Å². The largest absolute Gasteiger partial charge is 0.416 e. The van der Waals surface area contributed by atoms with Crippen LogP contribution >= 0.6 is 0 Å². The fraction of sp³-hybridized carbons (Fsp3) is 0.353. The highest BCUT2D eigenvalue weighted by Gasteiger charge is 2.30. The summed E-state index contributed by atoms with van der Waals surface area (Å²) in [6.07, 6.45) is -2.18. The molecular weight excluding hydrogens is 347 g/mol. The molecule has 2 N–H and O–H groups in total. The monoisotopic (exact) mass is 367 g/mol. The minimum atomic E-state index is -4.47. The summed E-state index contributed by atoms with van der Waals surface area (Å²) in [5, 5.41) is 5.43. The lowest BCUT2D eigenvalue weighted by atomic mass is 10.2. The lowest BCUT2D eigenvalue weighted by Crippen LogP contribution is -2.18. The second-order valence-corrected chi connectivity index (χ2v) is 5.88. The molecule has 9 heteroatoms. The summed E-state index contributed by atoms with van der Waals surface area (Å²) < 4.78 is 38.2. The first-order valence-electron chi connectivity index (χ1n) is 7.96. The molecule has 26 heavy (non-hydrogen) atoms. The van der Waals surface area contributed by atoms with Crippen LogP contribution in [0.1, 0.15) is 22.5 Å². The number of aromatic nitrogens is 2. The Labute approximate surface area is 149 Å².